The van der Waals surface area contributed by atoms with Gasteiger partial charge in [-0.05, 0) is 18.6 Å². The van der Waals surface area contributed by atoms with Crippen molar-refractivity contribution in [3.05, 3.63) is 36.8 Å². The molecule has 0 spiro atoms. The van der Waals surface area contributed by atoms with E-state index in [-0.39, 0.29) is 5.75 Å². The minimum atomic E-state index is -3.20. The van der Waals surface area contributed by atoms with Gasteiger partial charge in [0.05, 0.1) is 5.75 Å². The van der Waals surface area contributed by atoms with Gasteiger partial charge in [-0.3, -0.25) is 4.98 Å². The maximum atomic E-state index is 10.3. The number of nitrogens with zero attached hydrogens (tertiary/aromatic N) is 2. The highest BCUT2D eigenvalue weighted by Gasteiger charge is 1.99. The van der Waals surface area contributed by atoms with Gasteiger partial charge in [0.15, 0.2) is 5.82 Å². The minimum Gasteiger partial charge on any atom is -0.343 e. The molecular formula is C13H20N4O2S. The lowest BCUT2D eigenvalue weighted by atomic mass is 10.3. The second kappa shape index (κ2) is 8.44. The van der Waals surface area contributed by atoms with Crippen LogP contribution in [0.5, 0.6) is 0 Å². The predicted octanol–water partition coefficient (Wildman–Crippen LogP) is 1.94. The van der Waals surface area contributed by atoms with Crippen molar-refractivity contribution in [2.75, 3.05) is 5.75 Å². The van der Waals surface area contributed by atoms with Crippen LogP contribution < -0.4 is 5.14 Å². The molecule has 2 heterocycles. The van der Waals surface area contributed by atoms with Crippen LogP contribution in [0.15, 0.2) is 36.8 Å². The Hall–Kier alpha value is -1.73. The highest BCUT2D eigenvalue weighted by Crippen LogP contribution is 2.08. The molecule has 2 rings (SSSR count). The van der Waals surface area contributed by atoms with Crippen LogP contribution in [0.2, 0.25) is 0 Å². The Morgan fingerprint density at radius 1 is 1.20 bits per heavy atom. The lowest BCUT2D eigenvalue weighted by Crippen LogP contribution is -2.16. The van der Waals surface area contributed by atoms with E-state index in [0.717, 1.165) is 24.4 Å². The maximum Gasteiger partial charge on any atom is 0.209 e. The van der Waals surface area contributed by atoms with Gasteiger partial charge in [-0.25, -0.2) is 18.5 Å². The summed E-state index contributed by atoms with van der Waals surface area (Å²) in [6.07, 6.45) is 7.90. The molecule has 0 atom stereocenters. The highest BCUT2D eigenvalue weighted by molar-refractivity contribution is 7.89. The first kappa shape index (κ1) is 16.3. The predicted molar refractivity (Wildman–Crippen MR) is 79.3 cm³/mol. The molecule has 0 fully saturated rings. The van der Waals surface area contributed by atoms with Gasteiger partial charge in [0, 0.05) is 18.6 Å². The van der Waals surface area contributed by atoms with Crippen molar-refractivity contribution in [1.29, 1.82) is 0 Å². The quantitative estimate of drug-likeness (QED) is 0.823. The summed E-state index contributed by atoms with van der Waals surface area (Å²) in [6, 6.07) is 5.73. The van der Waals surface area contributed by atoms with Crippen molar-refractivity contribution in [2.24, 2.45) is 5.14 Å². The third kappa shape index (κ3) is 7.01. The molecule has 0 aliphatic heterocycles. The number of imidazole rings is 1. The fourth-order valence-corrected chi connectivity index (χ4v) is 2.07. The molecule has 6 nitrogen and oxygen atoms in total. The fraction of sp³-hybridized carbons (Fsp3) is 0.385. The number of primary sulfonamides is 1. The number of nitrogens with two attached hydrogens (primary N) is 1. The summed E-state index contributed by atoms with van der Waals surface area (Å²) in [5.74, 6) is 0.937. The average Bonchev–Trinajstić information content (AvgIpc) is 2.93. The topological polar surface area (TPSA) is 102 Å². The first-order valence-electron chi connectivity index (χ1n) is 6.44. The van der Waals surface area contributed by atoms with Crippen LogP contribution in [-0.2, 0) is 10.0 Å². The molecule has 110 valence electrons. The van der Waals surface area contributed by atoms with E-state index in [1.807, 2.05) is 25.1 Å². The molecule has 0 amide bonds. The van der Waals surface area contributed by atoms with E-state index < -0.39 is 10.0 Å². The van der Waals surface area contributed by atoms with E-state index in [1.165, 1.54) is 0 Å². The number of sulfonamides is 1. The standard InChI is InChI=1S/C8H7N3.C5H13NO2S/c1-2-4-9-7(3-1)8-10-5-6-11-8;1-2-3-4-5-9(6,7)8/h1-6H,(H,10,11);2-5H2,1H3,(H2,6,7,8). The van der Waals surface area contributed by atoms with E-state index in [2.05, 4.69) is 15.0 Å². The average molecular weight is 296 g/mol. The van der Waals surface area contributed by atoms with Crippen LogP contribution in [0.25, 0.3) is 11.5 Å². The van der Waals surface area contributed by atoms with Gasteiger partial charge in [-0.2, -0.15) is 0 Å². The number of pyridine rings is 1. The molecule has 0 aliphatic carbocycles. The first-order valence-corrected chi connectivity index (χ1v) is 8.15. The van der Waals surface area contributed by atoms with E-state index in [4.69, 9.17) is 5.14 Å². The van der Waals surface area contributed by atoms with Gasteiger partial charge >= 0.3 is 0 Å². The molecule has 0 aliphatic rings. The van der Waals surface area contributed by atoms with Crippen LogP contribution in [0.4, 0.5) is 0 Å². The molecule has 2 aromatic heterocycles. The summed E-state index contributed by atoms with van der Waals surface area (Å²) in [7, 11) is -3.20. The summed E-state index contributed by atoms with van der Waals surface area (Å²) in [6.45, 7) is 2.02. The smallest absolute Gasteiger partial charge is 0.209 e. The number of hydrogen-bond acceptors (Lipinski definition) is 4. The molecule has 20 heavy (non-hydrogen) atoms. The Morgan fingerprint density at radius 3 is 2.50 bits per heavy atom. The largest absolute Gasteiger partial charge is 0.343 e. The normalized spacial score (nSPS) is 10.7. The van der Waals surface area contributed by atoms with Crippen LogP contribution >= 0.6 is 0 Å². The molecule has 0 bridgehead atoms. The number of H-pyrrole nitrogens is 1. The molecule has 0 saturated carbocycles. The lowest BCUT2D eigenvalue weighted by Gasteiger charge is -1.94. The molecule has 0 radical (unpaired) electrons. The Morgan fingerprint density at radius 2 is 2.00 bits per heavy atom. The van der Waals surface area contributed by atoms with Crippen LogP contribution in [0, 0.1) is 0 Å². The van der Waals surface area contributed by atoms with Gasteiger partial charge in [-0.1, -0.05) is 25.8 Å². The maximum absolute atomic E-state index is 10.3. The number of aromatic nitrogens is 3. The van der Waals surface area contributed by atoms with Crippen LogP contribution in [0.1, 0.15) is 26.2 Å². The molecule has 7 heteroatoms. The molecule has 0 saturated heterocycles. The van der Waals surface area contributed by atoms with Crippen molar-refractivity contribution in [2.45, 2.75) is 26.2 Å². The van der Waals surface area contributed by atoms with E-state index in [0.29, 0.717) is 6.42 Å². The molecule has 2 aromatic rings. The molecular weight excluding hydrogens is 276 g/mol. The number of unbranched alkanes of at least 4 members (excludes halogenated alkanes) is 2. The number of nitrogens with one attached hydrogen (secondary N) is 1. The van der Waals surface area contributed by atoms with E-state index >= 15 is 0 Å². The van der Waals surface area contributed by atoms with E-state index in [9.17, 15) is 8.42 Å². The zero-order valence-electron chi connectivity index (χ0n) is 11.5. The zero-order valence-corrected chi connectivity index (χ0v) is 12.3. The number of hydrogen-bond donors (Lipinski definition) is 2. The fourth-order valence-electron chi connectivity index (χ4n) is 1.46. The summed E-state index contributed by atoms with van der Waals surface area (Å²) < 4.78 is 20.6. The molecule has 0 aromatic carbocycles. The summed E-state index contributed by atoms with van der Waals surface area (Å²) in [5.41, 5.74) is 0.873. The molecule has 3 N–H and O–H groups in total. The van der Waals surface area contributed by atoms with Crippen LogP contribution in [0.3, 0.4) is 0 Å². The number of aromatic amines is 1. The Kier molecular flexibility index (Phi) is 6.89. The van der Waals surface area contributed by atoms with Crippen LogP contribution in [-0.4, -0.2) is 29.1 Å². The third-order valence-electron chi connectivity index (χ3n) is 2.44. The SMILES string of the molecule is CCCCCS(N)(=O)=O.c1ccc(-c2ncc[nH]2)nc1. The third-order valence-corrected chi connectivity index (χ3v) is 3.30. The summed E-state index contributed by atoms with van der Waals surface area (Å²) in [4.78, 5) is 11.2. The van der Waals surface area contributed by atoms with Gasteiger partial charge in [-0.15, -0.1) is 0 Å². The Labute approximate surface area is 119 Å². The first-order chi connectivity index (χ1) is 9.53. The lowest BCUT2D eigenvalue weighted by molar-refractivity contribution is 0.592. The summed E-state index contributed by atoms with van der Waals surface area (Å²) in [5, 5.41) is 4.75. The van der Waals surface area contributed by atoms with Gasteiger partial charge in [0.1, 0.15) is 5.69 Å². The van der Waals surface area contributed by atoms with Gasteiger partial charge < -0.3 is 4.98 Å². The van der Waals surface area contributed by atoms with E-state index in [1.54, 1.807) is 18.6 Å². The second-order valence-corrected chi connectivity index (χ2v) is 5.96. The molecule has 0 unspecified atom stereocenters. The van der Waals surface area contributed by atoms with Gasteiger partial charge in [0.25, 0.3) is 0 Å². The highest BCUT2D eigenvalue weighted by atomic mass is 32.2. The van der Waals surface area contributed by atoms with Crippen molar-refractivity contribution >= 4 is 10.0 Å². The monoisotopic (exact) mass is 296 g/mol. The van der Waals surface area contributed by atoms with Crippen molar-refractivity contribution in [3.63, 3.8) is 0 Å². The summed E-state index contributed by atoms with van der Waals surface area (Å²) >= 11 is 0. The van der Waals surface area contributed by atoms with Crippen molar-refractivity contribution in [3.8, 4) is 11.5 Å². The van der Waals surface area contributed by atoms with Crippen molar-refractivity contribution < 1.29 is 8.42 Å². The second-order valence-electron chi connectivity index (χ2n) is 4.23. The van der Waals surface area contributed by atoms with Crippen molar-refractivity contribution in [1.82, 2.24) is 15.0 Å². The number of rotatable bonds is 5. The Balaban J connectivity index is 0.000000206. The van der Waals surface area contributed by atoms with Gasteiger partial charge in [0.2, 0.25) is 10.0 Å². The Bertz CT molecular complexity index is 568. The minimum absolute atomic E-state index is 0.126. The zero-order chi connectivity index (χ0) is 14.8.